The van der Waals surface area contributed by atoms with E-state index in [1.165, 1.54) is 17.0 Å². The third kappa shape index (κ3) is 4.59. The van der Waals surface area contributed by atoms with E-state index >= 15 is 0 Å². The van der Waals surface area contributed by atoms with Crippen molar-refractivity contribution in [3.05, 3.63) is 71.3 Å². The average Bonchev–Trinajstić information content (AvgIpc) is 3.50. The van der Waals surface area contributed by atoms with E-state index in [2.05, 4.69) is 0 Å². The highest BCUT2D eigenvalue weighted by Gasteiger charge is 2.60. The van der Waals surface area contributed by atoms with Gasteiger partial charge in [-0.05, 0) is 48.4 Å². The lowest BCUT2D eigenvalue weighted by Gasteiger charge is -2.35. The van der Waals surface area contributed by atoms with Gasteiger partial charge in [0.25, 0.3) is 0 Å². The fourth-order valence-electron chi connectivity index (χ4n) is 4.56. The number of carbonyl (C=O) groups is 2. The zero-order valence-corrected chi connectivity index (χ0v) is 17.5. The molecule has 1 saturated heterocycles. The summed E-state index contributed by atoms with van der Waals surface area (Å²) in [5.41, 5.74) is 0.671. The van der Waals surface area contributed by atoms with Crippen molar-refractivity contribution in [2.75, 3.05) is 13.2 Å². The number of likely N-dealkylation sites (tertiary alicyclic amines) is 1. The van der Waals surface area contributed by atoms with Crippen LogP contribution >= 0.6 is 0 Å². The van der Waals surface area contributed by atoms with Gasteiger partial charge in [0.15, 0.2) is 0 Å². The van der Waals surface area contributed by atoms with Gasteiger partial charge < -0.3 is 14.4 Å². The first-order chi connectivity index (χ1) is 15.3. The molecule has 4 atom stereocenters. The highest BCUT2D eigenvalue weighted by Crippen LogP contribution is 2.57. The largest absolute Gasteiger partial charge is 0.466 e. The van der Waals surface area contributed by atoms with Crippen LogP contribution in [0.2, 0.25) is 0 Å². The first-order valence-corrected chi connectivity index (χ1v) is 10.6. The summed E-state index contributed by atoms with van der Waals surface area (Å²) in [4.78, 5) is 26.8. The van der Waals surface area contributed by atoms with E-state index in [0.717, 1.165) is 17.7 Å². The maximum absolute atomic E-state index is 13.0. The lowest BCUT2D eigenvalue weighted by Crippen LogP contribution is -2.40. The summed E-state index contributed by atoms with van der Waals surface area (Å²) in [6, 6.07) is 13.6. The standard InChI is InChI=1S/C24H24F3NO4/c1-2-31-22(29)21-18-12-20(16-8-10-17(11-9-16)24(25,26)27)28(13-19(18)21)23(30)32-14-15-6-4-3-5-7-15/h3-11,18-21H,2,12-14H2,1H3/t18-,19?,20+,21+/m1/s1. The predicted octanol–water partition coefficient (Wildman–Crippen LogP) is 5.21. The number of ether oxygens (including phenoxy) is 2. The Morgan fingerprint density at radius 2 is 1.69 bits per heavy atom. The van der Waals surface area contributed by atoms with E-state index < -0.39 is 23.9 Å². The van der Waals surface area contributed by atoms with Crippen LogP contribution in [0.25, 0.3) is 0 Å². The minimum Gasteiger partial charge on any atom is -0.466 e. The molecule has 1 amide bonds. The van der Waals surface area contributed by atoms with Crippen molar-refractivity contribution in [2.45, 2.75) is 32.2 Å². The van der Waals surface area contributed by atoms with Gasteiger partial charge in [-0.15, -0.1) is 0 Å². The Balaban J connectivity index is 1.53. The van der Waals surface area contributed by atoms with Crippen molar-refractivity contribution >= 4 is 12.1 Å². The minimum atomic E-state index is -4.43. The Hall–Kier alpha value is -3.03. The molecular weight excluding hydrogens is 423 g/mol. The number of alkyl halides is 3. The van der Waals surface area contributed by atoms with Gasteiger partial charge in [0.05, 0.1) is 24.1 Å². The maximum atomic E-state index is 13.0. The molecule has 32 heavy (non-hydrogen) atoms. The SMILES string of the molecule is CCOC(=O)[C@@H]1C2CN(C(=O)OCc3ccccc3)[C@H](c3ccc(C(F)(F)F)cc3)C[C@H]21. The van der Waals surface area contributed by atoms with Crippen molar-refractivity contribution in [1.82, 2.24) is 4.90 Å². The van der Waals surface area contributed by atoms with Crippen molar-refractivity contribution in [3.63, 3.8) is 0 Å². The second-order valence-corrected chi connectivity index (χ2v) is 8.17. The van der Waals surface area contributed by atoms with Gasteiger partial charge >= 0.3 is 18.2 Å². The molecule has 1 heterocycles. The molecule has 2 aliphatic rings. The van der Waals surface area contributed by atoms with Gasteiger partial charge in [-0.1, -0.05) is 42.5 Å². The van der Waals surface area contributed by atoms with E-state index in [1.54, 1.807) is 6.92 Å². The molecule has 2 fully saturated rings. The van der Waals surface area contributed by atoms with Gasteiger partial charge in [-0.25, -0.2) is 4.79 Å². The van der Waals surface area contributed by atoms with E-state index in [0.29, 0.717) is 18.5 Å². The van der Waals surface area contributed by atoms with Gasteiger partial charge in [-0.2, -0.15) is 13.2 Å². The molecule has 0 N–H and O–H groups in total. The van der Waals surface area contributed by atoms with Crippen LogP contribution in [0, 0.1) is 17.8 Å². The molecule has 0 spiro atoms. The maximum Gasteiger partial charge on any atom is 0.416 e. The third-order valence-corrected chi connectivity index (χ3v) is 6.23. The van der Waals surface area contributed by atoms with Crippen LogP contribution in [0.3, 0.4) is 0 Å². The van der Waals surface area contributed by atoms with Gasteiger partial charge in [-0.3, -0.25) is 4.79 Å². The zero-order chi connectivity index (χ0) is 22.9. The molecule has 4 rings (SSSR count). The molecule has 1 aliphatic carbocycles. The van der Waals surface area contributed by atoms with Crippen LogP contribution in [0.5, 0.6) is 0 Å². The van der Waals surface area contributed by atoms with Crippen LogP contribution in [0.15, 0.2) is 54.6 Å². The summed E-state index contributed by atoms with van der Waals surface area (Å²) in [7, 11) is 0. The zero-order valence-electron chi connectivity index (χ0n) is 17.5. The summed E-state index contributed by atoms with van der Waals surface area (Å²) in [5.74, 6) is -0.560. The normalized spacial score (nSPS) is 24.4. The molecule has 8 heteroatoms. The van der Waals surface area contributed by atoms with Crippen LogP contribution in [-0.4, -0.2) is 30.1 Å². The smallest absolute Gasteiger partial charge is 0.416 e. The lowest BCUT2D eigenvalue weighted by molar-refractivity contribution is -0.145. The minimum absolute atomic E-state index is 0.0241. The second kappa shape index (κ2) is 8.84. The number of rotatable bonds is 5. The molecule has 1 aliphatic heterocycles. The fraction of sp³-hybridized carbons (Fsp3) is 0.417. The molecular formula is C24H24F3NO4. The topological polar surface area (TPSA) is 55.8 Å². The number of amides is 1. The quantitative estimate of drug-likeness (QED) is 0.590. The van der Waals surface area contributed by atoms with Crippen LogP contribution in [0.4, 0.5) is 18.0 Å². The number of hydrogen-bond acceptors (Lipinski definition) is 4. The second-order valence-electron chi connectivity index (χ2n) is 8.17. The number of carbonyl (C=O) groups excluding carboxylic acids is 2. The Morgan fingerprint density at radius 3 is 2.31 bits per heavy atom. The Kier molecular flexibility index (Phi) is 6.13. The molecule has 0 aromatic heterocycles. The highest BCUT2D eigenvalue weighted by molar-refractivity contribution is 5.77. The molecule has 170 valence electrons. The number of piperidine rings is 1. The van der Waals surface area contributed by atoms with Crippen molar-refractivity contribution in [3.8, 4) is 0 Å². The summed E-state index contributed by atoms with van der Waals surface area (Å²) in [6.45, 7) is 2.40. The van der Waals surface area contributed by atoms with Crippen LogP contribution < -0.4 is 0 Å². The van der Waals surface area contributed by atoms with Crippen molar-refractivity contribution in [1.29, 1.82) is 0 Å². The molecule has 1 saturated carbocycles. The van der Waals surface area contributed by atoms with E-state index in [1.807, 2.05) is 30.3 Å². The van der Waals surface area contributed by atoms with Crippen LogP contribution in [-0.2, 0) is 27.1 Å². The first-order valence-electron chi connectivity index (χ1n) is 10.6. The number of nitrogens with zero attached hydrogens (tertiary/aromatic N) is 1. The Morgan fingerprint density at radius 1 is 1.00 bits per heavy atom. The number of esters is 1. The van der Waals surface area contributed by atoms with E-state index in [-0.39, 0.29) is 36.9 Å². The summed E-state index contributed by atoms with van der Waals surface area (Å²) in [5, 5.41) is 0. The summed E-state index contributed by atoms with van der Waals surface area (Å²) in [6.07, 6.45) is -4.51. The number of halogens is 3. The third-order valence-electron chi connectivity index (χ3n) is 6.23. The van der Waals surface area contributed by atoms with Crippen molar-refractivity contribution < 1.29 is 32.2 Å². The monoisotopic (exact) mass is 447 g/mol. The van der Waals surface area contributed by atoms with Crippen LogP contribution in [0.1, 0.15) is 36.1 Å². The first kappa shape index (κ1) is 22.2. The van der Waals surface area contributed by atoms with Gasteiger partial charge in [0.2, 0.25) is 0 Å². The molecule has 5 nitrogen and oxygen atoms in total. The highest BCUT2D eigenvalue weighted by atomic mass is 19.4. The van der Waals surface area contributed by atoms with Crippen molar-refractivity contribution in [2.24, 2.45) is 17.8 Å². The number of fused-ring (bicyclic) bond motifs is 1. The number of hydrogen-bond donors (Lipinski definition) is 0. The Labute approximate surface area is 184 Å². The average molecular weight is 447 g/mol. The fourth-order valence-corrected chi connectivity index (χ4v) is 4.56. The molecule has 0 bridgehead atoms. The molecule has 2 aromatic rings. The molecule has 1 unspecified atom stereocenters. The van der Waals surface area contributed by atoms with E-state index in [4.69, 9.17) is 9.47 Å². The molecule has 0 radical (unpaired) electrons. The van der Waals surface area contributed by atoms with E-state index in [9.17, 15) is 22.8 Å². The Bertz CT molecular complexity index is 961. The summed E-state index contributed by atoms with van der Waals surface area (Å²) >= 11 is 0. The predicted molar refractivity (Wildman–Crippen MR) is 109 cm³/mol. The van der Waals surface area contributed by atoms with Gasteiger partial charge in [0, 0.05) is 6.54 Å². The summed E-state index contributed by atoms with van der Waals surface area (Å²) < 4.78 is 49.6. The lowest BCUT2D eigenvalue weighted by atomic mass is 9.94. The molecule has 2 aromatic carbocycles. The van der Waals surface area contributed by atoms with Gasteiger partial charge in [0.1, 0.15) is 6.61 Å². The number of benzene rings is 2.